The first-order valence-electron chi connectivity index (χ1n) is 5.96. The molecule has 0 aliphatic rings. The lowest BCUT2D eigenvalue weighted by atomic mass is 10.3. The predicted octanol–water partition coefficient (Wildman–Crippen LogP) is -3.61. The van der Waals surface area contributed by atoms with Crippen molar-refractivity contribution in [2.24, 2.45) is 5.73 Å². The first-order valence-corrected chi connectivity index (χ1v) is 6.59. The number of primary amides is 1. The second kappa shape index (κ2) is 10.3. The van der Waals surface area contributed by atoms with E-state index in [1.807, 2.05) is 5.32 Å². The zero-order valence-electron chi connectivity index (χ0n) is 11.4. The molecule has 0 aliphatic carbocycles. The Morgan fingerprint density at radius 2 is 1.36 bits per heavy atom. The number of carboxylic acid groups (broad SMARTS) is 1. The molecule has 0 saturated heterocycles. The molecular formula is C10H17N5O6S. The Morgan fingerprint density at radius 1 is 0.909 bits per heavy atom. The van der Waals surface area contributed by atoms with Crippen LogP contribution in [-0.4, -0.2) is 66.3 Å². The number of carbonyl (C=O) groups is 5. The minimum absolute atomic E-state index is 0.0155. The van der Waals surface area contributed by atoms with E-state index >= 15 is 0 Å². The van der Waals surface area contributed by atoms with E-state index in [2.05, 4.69) is 28.6 Å². The number of hydrogen-bond acceptors (Lipinski definition) is 6. The molecule has 0 radical (unpaired) electrons. The minimum Gasteiger partial charge on any atom is -0.465 e. The van der Waals surface area contributed by atoms with Crippen molar-refractivity contribution in [3.8, 4) is 0 Å². The highest BCUT2D eigenvalue weighted by Crippen LogP contribution is 1.86. The molecule has 0 aliphatic heterocycles. The minimum atomic E-state index is -1.37. The first-order chi connectivity index (χ1) is 10.3. The summed E-state index contributed by atoms with van der Waals surface area (Å²) < 4.78 is 0. The van der Waals surface area contributed by atoms with Crippen LogP contribution in [0.4, 0.5) is 4.79 Å². The van der Waals surface area contributed by atoms with E-state index in [1.54, 1.807) is 0 Å². The Morgan fingerprint density at radius 3 is 1.77 bits per heavy atom. The number of carbonyl (C=O) groups excluding carboxylic acids is 4. The van der Waals surface area contributed by atoms with Gasteiger partial charge in [-0.3, -0.25) is 19.2 Å². The van der Waals surface area contributed by atoms with Gasteiger partial charge in [-0.15, -0.1) is 0 Å². The Kier molecular flexibility index (Phi) is 9.09. The molecule has 7 N–H and O–H groups in total. The van der Waals surface area contributed by atoms with Crippen LogP contribution in [0.2, 0.25) is 0 Å². The van der Waals surface area contributed by atoms with E-state index in [0.717, 1.165) is 0 Å². The van der Waals surface area contributed by atoms with Crippen LogP contribution in [0.15, 0.2) is 0 Å². The SMILES string of the molecule is NC(=O)[C@H](CS)NC(=O)CNC(=O)CNC(=O)CNC(=O)O. The number of nitrogens with two attached hydrogens (primary N) is 1. The number of rotatable bonds is 9. The average molecular weight is 335 g/mol. The van der Waals surface area contributed by atoms with E-state index in [4.69, 9.17) is 10.8 Å². The van der Waals surface area contributed by atoms with E-state index in [-0.39, 0.29) is 5.75 Å². The lowest BCUT2D eigenvalue weighted by Crippen LogP contribution is -2.50. The molecule has 0 fully saturated rings. The number of amides is 5. The Hall–Kier alpha value is -2.50. The van der Waals surface area contributed by atoms with Gasteiger partial charge in [0, 0.05) is 5.75 Å². The maximum atomic E-state index is 11.4. The second-order valence-electron chi connectivity index (χ2n) is 3.92. The van der Waals surface area contributed by atoms with E-state index in [9.17, 15) is 24.0 Å². The molecule has 0 rings (SSSR count). The van der Waals surface area contributed by atoms with Crippen molar-refractivity contribution in [2.45, 2.75) is 6.04 Å². The Balaban J connectivity index is 3.93. The van der Waals surface area contributed by atoms with Crippen LogP contribution in [0.25, 0.3) is 0 Å². The van der Waals surface area contributed by atoms with E-state index < -0.39 is 55.4 Å². The summed E-state index contributed by atoms with van der Waals surface area (Å²) in [7, 11) is 0. The van der Waals surface area contributed by atoms with Gasteiger partial charge in [0.25, 0.3) is 0 Å². The van der Waals surface area contributed by atoms with Crippen LogP contribution in [0.3, 0.4) is 0 Å². The normalized spacial score (nSPS) is 11.0. The fraction of sp³-hybridized carbons (Fsp3) is 0.500. The van der Waals surface area contributed by atoms with E-state index in [1.165, 1.54) is 0 Å². The maximum Gasteiger partial charge on any atom is 0.405 e. The molecule has 1 atom stereocenters. The van der Waals surface area contributed by atoms with Gasteiger partial charge in [0.15, 0.2) is 0 Å². The van der Waals surface area contributed by atoms with Crippen molar-refractivity contribution in [3.63, 3.8) is 0 Å². The molecule has 124 valence electrons. The third-order valence-electron chi connectivity index (χ3n) is 2.15. The third kappa shape index (κ3) is 9.41. The van der Waals surface area contributed by atoms with Gasteiger partial charge in [-0.2, -0.15) is 12.6 Å². The second-order valence-corrected chi connectivity index (χ2v) is 4.28. The molecule has 0 unspecified atom stereocenters. The molecule has 0 heterocycles. The summed E-state index contributed by atoms with van der Waals surface area (Å²) in [5.41, 5.74) is 5.00. The fourth-order valence-electron chi connectivity index (χ4n) is 1.09. The number of nitrogens with one attached hydrogen (secondary N) is 4. The zero-order valence-corrected chi connectivity index (χ0v) is 12.3. The Labute approximate surface area is 130 Å². The quantitative estimate of drug-likeness (QED) is 0.214. The highest BCUT2D eigenvalue weighted by atomic mass is 32.1. The van der Waals surface area contributed by atoms with Gasteiger partial charge in [-0.1, -0.05) is 0 Å². The van der Waals surface area contributed by atoms with Gasteiger partial charge < -0.3 is 32.1 Å². The molecule has 0 bridgehead atoms. The van der Waals surface area contributed by atoms with Crippen molar-refractivity contribution in [3.05, 3.63) is 0 Å². The third-order valence-corrected chi connectivity index (χ3v) is 2.52. The summed E-state index contributed by atoms with van der Waals surface area (Å²) in [5, 5.41) is 16.7. The van der Waals surface area contributed by atoms with Crippen molar-refractivity contribution < 1.29 is 29.1 Å². The molecule has 0 aromatic heterocycles. The number of thiol groups is 1. The monoisotopic (exact) mass is 335 g/mol. The number of hydrogen-bond donors (Lipinski definition) is 7. The van der Waals surface area contributed by atoms with Crippen molar-refractivity contribution >= 4 is 42.4 Å². The lowest BCUT2D eigenvalue weighted by Gasteiger charge is -2.13. The summed E-state index contributed by atoms with van der Waals surface area (Å²) in [4.78, 5) is 54.8. The predicted molar refractivity (Wildman–Crippen MR) is 77.0 cm³/mol. The summed E-state index contributed by atoms with van der Waals surface area (Å²) in [6, 6.07) is -0.950. The lowest BCUT2D eigenvalue weighted by molar-refractivity contribution is -0.129. The topological polar surface area (TPSA) is 180 Å². The summed E-state index contributed by atoms with van der Waals surface area (Å²) in [6.45, 7) is -1.34. The highest BCUT2D eigenvalue weighted by molar-refractivity contribution is 7.80. The summed E-state index contributed by atoms with van der Waals surface area (Å²) in [5.74, 6) is -2.76. The summed E-state index contributed by atoms with van der Waals surface area (Å²) >= 11 is 3.83. The molecule has 22 heavy (non-hydrogen) atoms. The molecule has 0 aromatic carbocycles. The van der Waals surface area contributed by atoms with Gasteiger partial charge >= 0.3 is 6.09 Å². The van der Waals surface area contributed by atoms with Gasteiger partial charge in [0.05, 0.1) is 19.6 Å². The van der Waals surface area contributed by atoms with Crippen LogP contribution >= 0.6 is 12.6 Å². The van der Waals surface area contributed by atoms with Crippen LogP contribution < -0.4 is 27.0 Å². The van der Waals surface area contributed by atoms with Crippen molar-refractivity contribution in [1.82, 2.24) is 21.3 Å². The Bertz CT molecular complexity index is 457. The van der Waals surface area contributed by atoms with Gasteiger partial charge in [0.1, 0.15) is 6.04 Å². The molecule has 11 nitrogen and oxygen atoms in total. The van der Waals surface area contributed by atoms with Crippen molar-refractivity contribution in [2.75, 3.05) is 25.4 Å². The molecular weight excluding hydrogens is 318 g/mol. The molecule has 12 heteroatoms. The first kappa shape index (κ1) is 19.5. The van der Waals surface area contributed by atoms with Gasteiger partial charge in [-0.25, -0.2) is 4.79 Å². The zero-order chi connectivity index (χ0) is 17.1. The maximum absolute atomic E-state index is 11.4. The smallest absolute Gasteiger partial charge is 0.405 e. The average Bonchev–Trinajstić information content (AvgIpc) is 2.45. The van der Waals surface area contributed by atoms with Crippen LogP contribution in [0.1, 0.15) is 0 Å². The molecule has 5 amide bonds. The van der Waals surface area contributed by atoms with Crippen LogP contribution in [-0.2, 0) is 19.2 Å². The van der Waals surface area contributed by atoms with Gasteiger partial charge in [-0.05, 0) is 0 Å². The van der Waals surface area contributed by atoms with E-state index in [0.29, 0.717) is 0 Å². The molecule has 0 spiro atoms. The van der Waals surface area contributed by atoms with Crippen LogP contribution in [0, 0.1) is 0 Å². The molecule has 0 saturated carbocycles. The fourth-order valence-corrected chi connectivity index (χ4v) is 1.36. The summed E-state index contributed by atoms with van der Waals surface area (Å²) in [6.07, 6.45) is -1.37. The van der Waals surface area contributed by atoms with Crippen LogP contribution in [0.5, 0.6) is 0 Å². The van der Waals surface area contributed by atoms with Crippen molar-refractivity contribution in [1.29, 1.82) is 0 Å². The highest BCUT2D eigenvalue weighted by Gasteiger charge is 2.16. The standard InChI is InChI=1S/C10H17N5O6S/c11-9(19)5(4-22)15-8(18)3-13-6(16)1-12-7(17)2-14-10(20)21/h5,14,22H,1-4H2,(H2,11,19)(H,12,17)(H,13,16)(H,15,18)(H,20,21)/t5-/m0/s1. The largest absolute Gasteiger partial charge is 0.465 e. The van der Waals surface area contributed by atoms with Gasteiger partial charge in [0.2, 0.25) is 23.6 Å². The molecule has 0 aromatic rings.